The standard InChI is InChI=1S/C10H19BrO/c1-2-10(11)6-5-9-4-3-7-12-8-9/h9-10H,2-8H2,1H3. The molecule has 1 saturated heterocycles. The third kappa shape index (κ3) is 3.90. The van der Waals surface area contributed by atoms with Gasteiger partial charge in [-0.25, -0.2) is 0 Å². The molecule has 0 aromatic carbocycles. The summed E-state index contributed by atoms with van der Waals surface area (Å²) < 4.78 is 5.43. The Balaban J connectivity index is 2.05. The topological polar surface area (TPSA) is 9.23 Å². The van der Waals surface area contributed by atoms with Crippen LogP contribution in [0.15, 0.2) is 0 Å². The maximum absolute atomic E-state index is 5.43. The van der Waals surface area contributed by atoms with Crippen LogP contribution in [0.2, 0.25) is 0 Å². The highest BCUT2D eigenvalue weighted by Crippen LogP contribution is 2.22. The smallest absolute Gasteiger partial charge is 0.0494 e. The highest BCUT2D eigenvalue weighted by molar-refractivity contribution is 9.09. The minimum absolute atomic E-state index is 0.722. The molecule has 0 aromatic heterocycles. The molecule has 0 N–H and O–H groups in total. The second-order valence-corrected chi connectivity index (χ2v) is 4.96. The van der Waals surface area contributed by atoms with Gasteiger partial charge in [0.1, 0.15) is 0 Å². The zero-order valence-corrected chi connectivity index (χ0v) is 9.48. The molecule has 0 radical (unpaired) electrons. The Labute approximate surface area is 84.0 Å². The number of halogens is 1. The highest BCUT2D eigenvalue weighted by atomic mass is 79.9. The van der Waals surface area contributed by atoms with Gasteiger partial charge < -0.3 is 4.74 Å². The predicted octanol–water partition coefficient (Wildman–Crippen LogP) is 3.37. The third-order valence-corrected chi connectivity index (χ3v) is 3.69. The van der Waals surface area contributed by atoms with Gasteiger partial charge >= 0.3 is 0 Å². The lowest BCUT2D eigenvalue weighted by Gasteiger charge is -2.22. The molecule has 0 saturated carbocycles. The van der Waals surface area contributed by atoms with Gasteiger partial charge in [0.2, 0.25) is 0 Å². The molecule has 0 aliphatic carbocycles. The minimum Gasteiger partial charge on any atom is -0.381 e. The number of alkyl halides is 1. The molecular formula is C10H19BrO. The monoisotopic (exact) mass is 234 g/mol. The van der Waals surface area contributed by atoms with E-state index in [0.29, 0.717) is 0 Å². The Morgan fingerprint density at radius 2 is 2.42 bits per heavy atom. The molecule has 0 spiro atoms. The van der Waals surface area contributed by atoms with Crippen LogP contribution >= 0.6 is 15.9 Å². The fourth-order valence-corrected chi connectivity index (χ4v) is 1.92. The summed E-state index contributed by atoms with van der Waals surface area (Å²) in [5.74, 6) is 0.838. The molecule has 72 valence electrons. The third-order valence-electron chi connectivity index (χ3n) is 2.59. The van der Waals surface area contributed by atoms with Gasteiger partial charge in [0, 0.05) is 18.0 Å². The Morgan fingerprint density at radius 1 is 1.58 bits per heavy atom. The maximum atomic E-state index is 5.43. The molecule has 0 amide bonds. The molecule has 1 aliphatic rings. The van der Waals surface area contributed by atoms with E-state index < -0.39 is 0 Å². The van der Waals surface area contributed by atoms with E-state index in [-0.39, 0.29) is 0 Å². The zero-order valence-electron chi connectivity index (χ0n) is 7.89. The fraction of sp³-hybridized carbons (Fsp3) is 1.00. The lowest BCUT2D eigenvalue weighted by molar-refractivity contribution is 0.0509. The zero-order chi connectivity index (χ0) is 8.81. The molecule has 1 nitrogen and oxygen atoms in total. The van der Waals surface area contributed by atoms with Crippen LogP contribution in [0, 0.1) is 5.92 Å². The number of rotatable bonds is 4. The van der Waals surface area contributed by atoms with Crippen molar-refractivity contribution in [3.8, 4) is 0 Å². The second kappa shape index (κ2) is 5.98. The van der Waals surface area contributed by atoms with E-state index >= 15 is 0 Å². The van der Waals surface area contributed by atoms with Crippen molar-refractivity contribution >= 4 is 15.9 Å². The van der Waals surface area contributed by atoms with Crippen LogP contribution < -0.4 is 0 Å². The van der Waals surface area contributed by atoms with Gasteiger partial charge in [0.05, 0.1) is 0 Å². The molecule has 1 rings (SSSR count). The van der Waals surface area contributed by atoms with Crippen molar-refractivity contribution in [1.82, 2.24) is 0 Å². The molecule has 1 aliphatic heterocycles. The van der Waals surface area contributed by atoms with Gasteiger partial charge in [-0.05, 0) is 38.0 Å². The van der Waals surface area contributed by atoms with Crippen molar-refractivity contribution in [2.75, 3.05) is 13.2 Å². The first-order valence-corrected chi connectivity index (χ1v) is 5.96. The minimum atomic E-state index is 0.722. The van der Waals surface area contributed by atoms with Crippen LogP contribution in [-0.2, 0) is 4.74 Å². The Morgan fingerprint density at radius 3 is 3.00 bits per heavy atom. The van der Waals surface area contributed by atoms with Crippen LogP contribution in [0.5, 0.6) is 0 Å². The Hall–Kier alpha value is 0.440. The Bertz CT molecular complexity index is 110. The Kier molecular flexibility index (Phi) is 5.24. The number of ether oxygens (including phenoxy) is 1. The highest BCUT2D eigenvalue weighted by Gasteiger charge is 2.14. The fourth-order valence-electron chi connectivity index (χ4n) is 1.66. The van der Waals surface area contributed by atoms with Crippen LogP contribution in [-0.4, -0.2) is 18.0 Å². The molecule has 1 fully saturated rings. The van der Waals surface area contributed by atoms with Crippen molar-refractivity contribution in [3.63, 3.8) is 0 Å². The van der Waals surface area contributed by atoms with E-state index in [2.05, 4.69) is 22.9 Å². The van der Waals surface area contributed by atoms with Crippen molar-refractivity contribution < 1.29 is 4.74 Å². The summed E-state index contributed by atoms with van der Waals surface area (Å²) >= 11 is 3.66. The average Bonchev–Trinajstić information content (AvgIpc) is 2.16. The van der Waals surface area contributed by atoms with E-state index in [1.807, 2.05) is 0 Å². The summed E-state index contributed by atoms with van der Waals surface area (Å²) in [5.41, 5.74) is 0. The normalized spacial score (nSPS) is 27.0. The van der Waals surface area contributed by atoms with Gasteiger partial charge in [0.25, 0.3) is 0 Å². The summed E-state index contributed by atoms with van der Waals surface area (Å²) in [6.45, 7) is 4.22. The quantitative estimate of drug-likeness (QED) is 0.679. The van der Waals surface area contributed by atoms with E-state index in [9.17, 15) is 0 Å². The van der Waals surface area contributed by atoms with Gasteiger partial charge in [-0.3, -0.25) is 0 Å². The molecule has 0 bridgehead atoms. The average molecular weight is 235 g/mol. The molecule has 2 atom stereocenters. The summed E-state index contributed by atoms with van der Waals surface area (Å²) in [6, 6.07) is 0. The first-order valence-electron chi connectivity index (χ1n) is 5.04. The number of hydrogen-bond donors (Lipinski definition) is 0. The second-order valence-electron chi connectivity index (χ2n) is 3.67. The van der Waals surface area contributed by atoms with Crippen LogP contribution in [0.25, 0.3) is 0 Å². The molecule has 1 heterocycles. The summed E-state index contributed by atoms with van der Waals surface area (Å²) in [6.07, 6.45) is 6.54. The number of hydrogen-bond acceptors (Lipinski definition) is 1. The molecule has 2 unspecified atom stereocenters. The van der Waals surface area contributed by atoms with Gasteiger partial charge in [-0.1, -0.05) is 22.9 Å². The van der Waals surface area contributed by atoms with E-state index in [4.69, 9.17) is 4.74 Å². The first kappa shape index (κ1) is 10.5. The van der Waals surface area contributed by atoms with E-state index in [1.165, 1.54) is 32.1 Å². The molecule has 2 heteroatoms. The summed E-state index contributed by atoms with van der Waals surface area (Å²) in [7, 11) is 0. The largest absolute Gasteiger partial charge is 0.381 e. The van der Waals surface area contributed by atoms with Crippen molar-refractivity contribution in [2.24, 2.45) is 5.92 Å². The van der Waals surface area contributed by atoms with Gasteiger partial charge in [0.15, 0.2) is 0 Å². The lowest BCUT2D eigenvalue weighted by Crippen LogP contribution is -2.18. The summed E-state index contributed by atoms with van der Waals surface area (Å²) in [5, 5.41) is 0. The van der Waals surface area contributed by atoms with E-state index in [0.717, 1.165) is 24.0 Å². The van der Waals surface area contributed by atoms with Crippen molar-refractivity contribution in [2.45, 2.75) is 43.9 Å². The maximum Gasteiger partial charge on any atom is 0.0494 e. The van der Waals surface area contributed by atoms with Crippen molar-refractivity contribution in [1.29, 1.82) is 0 Å². The van der Waals surface area contributed by atoms with Gasteiger partial charge in [-0.15, -0.1) is 0 Å². The van der Waals surface area contributed by atoms with Crippen molar-refractivity contribution in [3.05, 3.63) is 0 Å². The van der Waals surface area contributed by atoms with E-state index in [1.54, 1.807) is 0 Å². The molecule has 0 aromatic rings. The molecule has 12 heavy (non-hydrogen) atoms. The first-order chi connectivity index (χ1) is 5.83. The van der Waals surface area contributed by atoms with Gasteiger partial charge in [-0.2, -0.15) is 0 Å². The summed E-state index contributed by atoms with van der Waals surface area (Å²) in [4.78, 5) is 0.722. The van der Waals surface area contributed by atoms with Crippen LogP contribution in [0.4, 0.5) is 0 Å². The van der Waals surface area contributed by atoms with Crippen LogP contribution in [0.1, 0.15) is 39.0 Å². The van der Waals surface area contributed by atoms with Crippen LogP contribution in [0.3, 0.4) is 0 Å². The lowest BCUT2D eigenvalue weighted by atomic mass is 9.96. The predicted molar refractivity (Wildman–Crippen MR) is 55.8 cm³/mol. The SMILES string of the molecule is CCC(Br)CCC1CCCOC1. The molecular weight excluding hydrogens is 216 g/mol.